The topological polar surface area (TPSA) is 87.1 Å². The number of carboxylic acid groups (broad SMARTS) is 1. The summed E-state index contributed by atoms with van der Waals surface area (Å²) in [5.41, 5.74) is 0.658. The fourth-order valence-electron chi connectivity index (χ4n) is 3.98. The lowest BCUT2D eigenvalue weighted by molar-refractivity contribution is -0.148. The molecule has 6 nitrogen and oxygen atoms in total. The van der Waals surface area contributed by atoms with Gasteiger partial charge in [0.2, 0.25) is 0 Å². The van der Waals surface area contributed by atoms with Crippen LogP contribution in [0, 0.1) is 5.82 Å². The molecule has 1 spiro atoms. The van der Waals surface area contributed by atoms with Gasteiger partial charge in [-0.05, 0) is 48.6 Å². The monoisotopic (exact) mass is 405 g/mol. The van der Waals surface area contributed by atoms with Crippen LogP contribution in [0.4, 0.5) is 4.39 Å². The maximum Gasteiger partial charge on any atom is 0.345 e. The van der Waals surface area contributed by atoms with Crippen LogP contribution in [0.2, 0.25) is 0 Å². The van der Waals surface area contributed by atoms with Crippen molar-refractivity contribution in [3.8, 4) is 0 Å². The first-order chi connectivity index (χ1) is 13.4. The van der Waals surface area contributed by atoms with E-state index in [1.54, 1.807) is 11.0 Å². The van der Waals surface area contributed by atoms with Crippen molar-refractivity contribution >= 4 is 23.2 Å². The first-order valence-corrected chi connectivity index (χ1v) is 9.94. The third-order valence-electron chi connectivity index (χ3n) is 5.46. The first-order valence-electron chi connectivity index (χ1n) is 9.12. The second kappa shape index (κ2) is 7.27. The molecule has 8 heteroatoms. The molecule has 2 aromatic rings. The summed E-state index contributed by atoms with van der Waals surface area (Å²) in [4.78, 5) is 26.8. The molecule has 0 radical (unpaired) electrons. The Kier molecular flexibility index (Phi) is 4.95. The number of piperidine rings is 1. The molecule has 1 amide bonds. The smallest absolute Gasteiger partial charge is 0.345 e. The second-order valence-corrected chi connectivity index (χ2v) is 8.20. The number of aliphatic hydroxyl groups is 1. The van der Waals surface area contributed by atoms with Crippen LogP contribution in [-0.2, 0) is 21.6 Å². The van der Waals surface area contributed by atoms with Crippen molar-refractivity contribution in [3.63, 3.8) is 0 Å². The van der Waals surface area contributed by atoms with Crippen LogP contribution < -0.4 is 0 Å². The van der Waals surface area contributed by atoms with E-state index < -0.39 is 29.4 Å². The summed E-state index contributed by atoms with van der Waals surface area (Å²) in [6.07, 6.45) is 0.331. The molecule has 0 saturated carbocycles. The zero-order valence-corrected chi connectivity index (χ0v) is 15.9. The van der Waals surface area contributed by atoms with Crippen LogP contribution in [0.3, 0.4) is 0 Å². The van der Waals surface area contributed by atoms with Crippen LogP contribution in [0.15, 0.2) is 30.3 Å². The minimum absolute atomic E-state index is 0.228. The van der Waals surface area contributed by atoms with Gasteiger partial charge in [0, 0.05) is 18.0 Å². The number of amides is 1. The average Bonchev–Trinajstić information content (AvgIpc) is 3.14. The van der Waals surface area contributed by atoms with Crippen molar-refractivity contribution in [3.05, 3.63) is 57.0 Å². The van der Waals surface area contributed by atoms with E-state index in [4.69, 9.17) is 4.74 Å². The Hall–Kier alpha value is -2.29. The molecule has 1 saturated heterocycles. The van der Waals surface area contributed by atoms with Gasteiger partial charge in [-0.3, -0.25) is 4.79 Å². The molecule has 4 rings (SSSR count). The summed E-state index contributed by atoms with van der Waals surface area (Å²) < 4.78 is 19.5. The van der Waals surface area contributed by atoms with Gasteiger partial charge < -0.3 is 19.8 Å². The number of aromatic carboxylic acids is 1. The summed E-state index contributed by atoms with van der Waals surface area (Å²) in [5, 5.41) is 19.6. The summed E-state index contributed by atoms with van der Waals surface area (Å²) in [7, 11) is 0. The molecule has 1 unspecified atom stereocenters. The van der Waals surface area contributed by atoms with Crippen molar-refractivity contribution in [2.45, 2.75) is 31.0 Å². The minimum Gasteiger partial charge on any atom is -0.477 e. The Balaban J connectivity index is 1.49. The molecular weight excluding hydrogens is 385 g/mol. The average molecular weight is 405 g/mol. The Morgan fingerprint density at radius 3 is 2.68 bits per heavy atom. The van der Waals surface area contributed by atoms with E-state index in [2.05, 4.69) is 0 Å². The van der Waals surface area contributed by atoms with Gasteiger partial charge in [0.05, 0.1) is 6.61 Å². The zero-order valence-electron chi connectivity index (χ0n) is 15.1. The Morgan fingerprint density at radius 2 is 2.00 bits per heavy atom. The molecular formula is C20H20FNO5S. The highest BCUT2D eigenvalue weighted by molar-refractivity contribution is 7.14. The number of rotatable bonds is 3. The number of benzene rings is 1. The molecule has 0 bridgehead atoms. The lowest BCUT2D eigenvalue weighted by atomic mass is 9.85. The summed E-state index contributed by atoms with van der Waals surface area (Å²) >= 11 is 1.24. The predicted octanol–water partition coefficient (Wildman–Crippen LogP) is 2.71. The maximum atomic E-state index is 13.4. The number of fused-ring (bicyclic) bond motifs is 2. The first kappa shape index (κ1) is 19.0. The molecule has 0 aliphatic carbocycles. The van der Waals surface area contributed by atoms with Gasteiger partial charge in [0.15, 0.2) is 6.10 Å². The van der Waals surface area contributed by atoms with Crippen LogP contribution in [0.25, 0.3) is 0 Å². The number of halogens is 1. The highest BCUT2D eigenvalue weighted by Crippen LogP contribution is 2.45. The summed E-state index contributed by atoms with van der Waals surface area (Å²) in [5.74, 6) is -1.91. The predicted molar refractivity (Wildman–Crippen MR) is 99.8 cm³/mol. The highest BCUT2D eigenvalue weighted by atomic mass is 32.1. The lowest BCUT2D eigenvalue weighted by Crippen LogP contribution is -2.49. The van der Waals surface area contributed by atoms with Crippen molar-refractivity contribution in [1.29, 1.82) is 0 Å². The van der Waals surface area contributed by atoms with Gasteiger partial charge in [0.1, 0.15) is 16.3 Å². The third-order valence-corrected chi connectivity index (χ3v) is 6.82. The fraction of sp³-hybridized carbons (Fsp3) is 0.400. The van der Waals surface area contributed by atoms with Crippen molar-refractivity contribution < 1.29 is 28.9 Å². The van der Waals surface area contributed by atoms with E-state index in [-0.39, 0.29) is 5.56 Å². The molecule has 1 atom stereocenters. The summed E-state index contributed by atoms with van der Waals surface area (Å²) in [6.45, 7) is 1.28. The number of carbonyl (C=O) groups excluding carboxylic acids is 1. The second-order valence-electron chi connectivity index (χ2n) is 7.15. The number of hydrogen-bond donors (Lipinski definition) is 2. The number of nitrogens with zero attached hydrogens (tertiary/aromatic N) is 1. The SMILES string of the molecule is O=C(O)c1cc2c(s1)C1(CCN(C(=O)C(O)c3cccc(F)c3)CC1)OCC2. The van der Waals surface area contributed by atoms with Gasteiger partial charge in [-0.2, -0.15) is 0 Å². The van der Waals surface area contributed by atoms with Crippen molar-refractivity contribution in [2.75, 3.05) is 19.7 Å². The zero-order chi connectivity index (χ0) is 19.9. The Morgan fingerprint density at radius 1 is 1.25 bits per heavy atom. The minimum atomic E-state index is -1.41. The molecule has 2 aliphatic rings. The molecule has 2 N–H and O–H groups in total. The number of hydrogen-bond acceptors (Lipinski definition) is 5. The van der Waals surface area contributed by atoms with E-state index in [9.17, 15) is 24.2 Å². The van der Waals surface area contributed by atoms with Crippen LogP contribution in [-0.4, -0.2) is 46.7 Å². The van der Waals surface area contributed by atoms with Gasteiger partial charge in [-0.1, -0.05) is 12.1 Å². The van der Waals surface area contributed by atoms with Crippen molar-refractivity contribution in [2.24, 2.45) is 0 Å². The number of aliphatic hydroxyl groups excluding tert-OH is 1. The highest BCUT2D eigenvalue weighted by Gasteiger charge is 2.44. The van der Waals surface area contributed by atoms with E-state index in [0.717, 1.165) is 16.5 Å². The largest absolute Gasteiger partial charge is 0.477 e. The van der Waals surface area contributed by atoms with E-state index in [1.165, 1.54) is 29.5 Å². The molecule has 1 fully saturated rings. The molecule has 3 heterocycles. The van der Waals surface area contributed by atoms with Gasteiger partial charge in [-0.25, -0.2) is 9.18 Å². The maximum absolute atomic E-state index is 13.4. The molecule has 2 aliphatic heterocycles. The molecule has 28 heavy (non-hydrogen) atoms. The molecule has 1 aromatic carbocycles. The standard InChI is InChI=1S/C20H20FNO5S/c21-14-3-1-2-12(10-14)16(23)18(24)22-7-5-20(6-8-22)17-13(4-9-27-20)11-15(28-17)19(25)26/h1-3,10-11,16,23H,4-9H2,(H,25,26). The van der Waals surface area contributed by atoms with E-state index >= 15 is 0 Å². The normalized spacial score (nSPS) is 19.3. The van der Waals surface area contributed by atoms with Gasteiger partial charge in [0.25, 0.3) is 5.91 Å². The third kappa shape index (κ3) is 3.32. The Bertz CT molecular complexity index is 919. The number of ether oxygens (including phenoxy) is 1. The van der Waals surface area contributed by atoms with Crippen molar-refractivity contribution in [1.82, 2.24) is 4.90 Å². The van der Waals surface area contributed by atoms with Gasteiger partial charge >= 0.3 is 5.97 Å². The number of carboxylic acids is 1. The number of thiophene rings is 1. The van der Waals surface area contributed by atoms with E-state index in [0.29, 0.717) is 43.8 Å². The van der Waals surface area contributed by atoms with E-state index in [1.807, 2.05) is 0 Å². The number of carbonyl (C=O) groups is 2. The summed E-state index contributed by atoms with van der Waals surface area (Å²) in [6, 6.07) is 7.12. The molecule has 148 valence electrons. The quantitative estimate of drug-likeness (QED) is 0.820. The van der Waals surface area contributed by atoms with Crippen LogP contribution in [0.5, 0.6) is 0 Å². The van der Waals surface area contributed by atoms with Crippen LogP contribution in [0.1, 0.15) is 44.6 Å². The molecule has 1 aromatic heterocycles. The Labute approximate surface area is 165 Å². The van der Waals surface area contributed by atoms with Crippen LogP contribution >= 0.6 is 11.3 Å². The van der Waals surface area contributed by atoms with Gasteiger partial charge in [-0.15, -0.1) is 11.3 Å². The fourth-order valence-corrected chi connectivity index (χ4v) is 5.23. The number of likely N-dealkylation sites (tertiary alicyclic amines) is 1. The lowest BCUT2D eigenvalue weighted by Gasteiger charge is -2.44.